The number of hydrogen-bond donors (Lipinski definition) is 3. The Kier molecular flexibility index (Phi) is 3.58. The van der Waals surface area contributed by atoms with Gasteiger partial charge in [0.05, 0.1) is 16.8 Å². The molecule has 0 bridgehead atoms. The molecule has 0 aromatic carbocycles. The average molecular weight is 291 g/mol. The zero-order valence-electron chi connectivity index (χ0n) is 11.2. The van der Waals surface area contributed by atoms with Crippen molar-refractivity contribution in [2.24, 2.45) is 5.92 Å². The zero-order valence-corrected chi connectivity index (χ0v) is 12.0. The van der Waals surface area contributed by atoms with Crippen LogP contribution in [0.2, 0.25) is 0 Å². The number of aromatic amines is 1. The number of carbonyl (C=O) groups excluding carboxylic acids is 1. The van der Waals surface area contributed by atoms with Crippen LogP contribution in [0.15, 0.2) is 17.6 Å². The second-order valence-electron chi connectivity index (χ2n) is 5.17. The molecular weight excluding hydrogens is 274 g/mol. The minimum Gasteiger partial charge on any atom is -0.391 e. The molecule has 1 amide bonds. The van der Waals surface area contributed by atoms with Crippen molar-refractivity contribution in [1.29, 1.82) is 0 Å². The Hall–Kier alpha value is -1.66. The monoisotopic (exact) mass is 291 g/mol. The standard InChI is InChI=1S/C14H17N3O2S/c1-8-17-12(7-20-8)10-4-11(15-5-10)14(19)16-6-13(18)9-2-3-9/h4-5,7,9,13,15,18H,2-3,6H2,1H3,(H,16,19). The summed E-state index contributed by atoms with van der Waals surface area (Å²) in [6, 6.07) is 1.79. The van der Waals surface area contributed by atoms with Crippen LogP contribution in [0.25, 0.3) is 11.3 Å². The van der Waals surface area contributed by atoms with E-state index in [2.05, 4.69) is 15.3 Å². The molecule has 0 saturated heterocycles. The van der Waals surface area contributed by atoms with Gasteiger partial charge >= 0.3 is 0 Å². The normalized spacial score (nSPS) is 16.1. The van der Waals surface area contributed by atoms with Crippen molar-refractivity contribution < 1.29 is 9.90 Å². The van der Waals surface area contributed by atoms with Gasteiger partial charge in [-0.1, -0.05) is 0 Å². The van der Waals surface area contributed by atoms with Gasteiger partial charge in [-0.3, -0.25) is 4.79 Å². The number of H-pyrrole nitrogens is 1. The number of aromatic nitrogens is 2. The molecule has 2 aromatic rings. The SMILES string of the molecule is Cc1nc(-c2c[nH]c(C(=O)NCC(O)C3CC3)c2)cs1. The minimum absolute atomic E-state index is 0.192. The lowest BCUT2D eigenvalue weighted by Gasteiger charge is -2.09. The van der Waals surface area contributed by atoms with E-state index in [1.165, 1.54) is 0 Å². The molecule has 0 radical (unpaired) electrons. The molecule has 106 valence electrons. The molecule has 1 aliphatic rings. The quantitative estimate of drug-likeness (QED) is 0.788. The predicted molar refractivity (Wildman–Crippen MR) is 77.7 cm³/mol. The summed E-state index contributed by atoms with van der Waals surface area (Å²) in [7, 11) is 0. The lowest BCUT2D eigenvalue weighted by atomic mass is 10.2. The van der Waals surface area contributed by atoms with E-state index in [1.54, 1.807) is 23.6 Å². The summed E-state index contributed by atoms with van der Waals surface area (Å²) < 4.78 is 0. The highest BCUT2D eigenvalue weighted by molar-refractivity contribution is 7.09. The molecule has 3 rings (SSSR count). The summed E-state index contributed by atoms with van der Waals surface area (Å²) in [6.45, 7) is 2.27. The van der Waals surface area contributed by atoms with Crippen LogP contribution in [0.1, 0.15) is 28.3 Å². The van der Waals surface area contributed by atoms with Crippen LogP contribution in [-0.2, 0) is 0 Å². The van der Waals surface area contributed by atoms with Gasteiger partial charge < -0.3 is 15.4 Å². The maximum atomic E-state index is 12.0. The van der Waals surface area contributed by atoms with Crippen molar-refractivity contribution in [2.45, 2.75) is 25.9 Å². The van der Waals surface area contributed by atoms with Crippen LogP contribution >= 0.6 is 11.3 Å². The van der Waals surface area contributed by atoms with Gasteiger partial charge in [0.1, 0.15) is 5.69 Å². The Morgan fingerprint density at radius 2 is 2.45 bits per heavy atom. The van der Waals surface area contributed by atoms with Crippen LogP contribution in [0.5, 0.6) is 0 Å². The van der Waals surface area contributed by atoms with Gasteiger partial charge in [0.25, 0.3) is 5.91 Å². The fourth-order valence-corrected chi connectivity index (χ4v) is 2.73. The number of hydrogen-bond acceptors (Lipinski definition) is 4. The van der Waals surface area contributed by atoms with E-state index in [-0.39, 0.29) is 5.91 Å². The molecule has 1 unspecified atom stereocenters. The highest BCUT2D eigenvalue weighted by Crippen LogP contribution is 2.32. The summed E-state index contributed by atoms with van der Waals surface area (Å²) >= 11 is 1.58. The van der Waals surface area contributed by atoms with Gasteiger partial charge in [-0.2, -0.15) is 0 Å². The molecule has 6 heteroatoms. The van der Waals surface area contributed by atoms with E-state index >= 15 is 0 Å². The molecule has 3 N–H and O–H groups in total. The Bertz CT molecular complexity index is 615. The Morgan fingerprint density at radius 3 is 3.10 bits per heavy atom. The van der Waals surface area contributed by atoms with E-state index in [1.807, 2.05) is 12.3 Å². The van der Waals surface area contributed by atoms with Crippen molar-refractivity contribution in [1.82, 2.24) is 15.3 Å². The van der Waals surface area contributed by atoms with Crippen molar-refractivity contribution in [2.75, 3.05) is 6.54 Å². The number of thiazole rings is 1. The van der Waals surface area contributed by atoms with Crippen LogP contribution in [0.3, 0.4) is 0 Å². The fraction of sp³-hybridized carbons (Fsp3) is 0.429. The van der Waals surface area contributed by atoms with Crippen LogP contribution in [-0.4, -0.2) is 33.6 Å². The highest BCUT2D eigenvalue weighted by Gasteiger charge is 2.29. The number of nitrogens with zero attached hydrogens (tertiary/aromatic N) is 1. The Morgan fingerprint density at radius 1 is 1.65 bits per heavy atom. The number of aliphatic hydroxyl groups excluding tert-OH is 1. The first-order chi connectivity index (χ1) is 9.63. The van der Waals surface area contributed by atoms with Crippen molar-refractivity contribution >= 4 is 17.2 Å². The first-order valence-corrected chi connectivity index (χ1v) is 7.58. The zero-order chi connectivity index (χ0) is 14.1. The third kappa shape index (κ3) is 2.91. The second-order valence-corrected chi connectivity index (χ2v) is 6.23. The maximum absolute atomic E-state index is 12.0. The topological polar surface area (TPSA) is 78.0 Å². The summed E-state index contributed by atoms with van der Waals surface area (Å²) in [4.78, 5) is 19.3. The van der Waals surface area contributed by atoms with Gasteiger partial charge in [-0.15, -0.1) is 11.3 Å². The summed E-state index contributed by atoms with van der Waals surface area (Å²) in [6.07, 6.45) is 3.48. The highest BCUT2D eigenvalue weighted by atomic mass is 32.1. The molecule has 1 atom stereocenters. The summed E-state index contributed by atoms with van der Waals surface area (Å²) in [5.74, 6) is 0.176. The van der Waals surface area contributed by atoms with Crippen LogP contribution in [0.4, 0.5) is 0 Å². The molecular formula is C14H17N3O2S. The number of nitrogens with one attached hydrogen (secondary N) is 2. The molecule has 0 spiro atoms. The molecule has 0 aliphatic heterocycles. The largest absolute Gasteiger partial charge is 0.391 e. The van der Waals surface area contributed by atoms with E-state index < -0.39 is 6.10 Å². The third-order valence-corrected chi connectivity index (χ3v) is 4.25. The molecule has 1 aliphatic carbocycles. The molecule has 20 heavy (non-hydrogen) atoms. The van der Waals surface area contributed by atoms with Gasteiger partial charge in [-0.05, 0) is 31.7 Å². The first kappa shape index (κ1) is 13.3. The van der Waals surface area contributed by atoms with Gasteiger partial charge in [0.2, 0.25) is 0 Å². The van der Waals surface area contributed by atoms with Crippen molar-refractivity contribution in [3.05, 3.63) is 28.3 Å². The lowest BCUT2D eigenvalue weighted by molar-refractivity contribution is 0.0897. The lowest BCUT2D eigenvalue weighted by Crippen LogP contribution is -2.33. The first-order valence-electron chi connectivity index (χ1n) is 6.70. The third-order valence-electron chi connectivity index (χ3n) is 3.48. The fourth-order valence-electron chi connectivity index (χ4n) is 2.11. The number of amides is 1. The number of aryl methyl sites for hydroxylation is 1. The van der Waals surface area contributed by atoms with Crippen LogP contribution in [0, 0.1) is 12.8 Å². The smallest absolute Gasteiger partial charge is 0.267 e. The molecule has 2 heterocycles. The minimum atomic E-state index is -0.422. The molecule has 1 fully saturated rings. The van der Waals surface area contributed by atoms with E-state index in [4.69, 9.17) is 0 Å². The Balaban J connectivity index is 1.62. The van der Waals surface area contributed by atoms with E-state index in [0.29, 0.717) is 18.2 Å². The Labute approximate surface area is 121 Å². The second kappa shape index (κ2) is 5.38. The summed E-state index contributed by atoms with van der Waals surface area (Å²) in [5, 5.41) is 15.5. The van der Waals surface area contributed by atoms with Gasteiger partial charge in [0, 0.05) is 23.7 Å². The average Bonchev–Trinajstić information content (AvgIpc) is 3.01. The van der Waals surface area contributed by atoms with E-state index in [9.17, 15) is 9.90 Å². The summed E-state index contributed by atoms with van der Waals surface area (Å²) in [5.41, 5.74) is 2.27. The molecule has 1 saturated carbocycles. The van der Waals surface area contributed by atoms with Crippen molar-refractivity contribution in [3.8, 4) is 11.3 Å². The van der Waals surface area contributed by atoms with Gasteiger partial charge in [-0.25, -0.2) is 4.98 Å². The molecule has 5 nitrogen and oxygen atoms in total. The molecule has 2 aromatic heterocycles. The van der Waals surface area contributed by atoms with E-state index in [0.717, 1.165) is 29.1 Å². The van der Waals surface area contributed by atoms with Crippen LogP contribution < -0.4 is 5.32 Å². The number of carbonyl (C=O) groups is 1. The maximum Gasteiger partial charge on any atom is 0.267 e. The van der Waals surface area contributed by atoms with Gasteiger partial charge in [0.15, 0.2) is 0 Å². The number of rotatable bonds is 5. The predicted octanol–water partition coefficient (Wildman–Crippen LogP) is 1.95. The van der Waals surface area contributed by atoms with Crippen molar-refractivity contribution in [3.63, 3.8) is 0 Å². The number of aliphatic hydroxyl groups is 1.